The van der Waals surface area contributed by atoms with Crippen LogP contribution in [0.5, 0.6) is 0 Å². The molecule has 4 N–H and O–H groups in total. The molecule has 0 bridgehead atoms. The van der Waals surface area contributed by atoms with E-state index in [4.69, 9.17) is 11.5 Å². The van der Waals surface area contributed by atoms with Crippen LogP contribution in [0.25, 0.3) is 5.82 Å². The van der Waals surface area contributed by atoms with Crippen LogP contribution < -0.4 is 11.5 Å². The minimum Gasteiger partial charge on any atom is -0.366 e. The SMILES string of the molecule is Cc1nn(C)c(-n2nc(N)nc2Br)c1C(N)=O. The number of halogens is 1. The van der Waals surface area contributed by atoms with Crippen molar-refractivity contribution in [1.29, 1.82) is 0 Å². The van der Waals surface area contributed by atoms with Gasteiger partial charge in [0.15, 0.2) is 5.82 Å². The molecule has 0 aliphatic heterocycles. The molecule has 1 amide bonds. The molecule has 0 aliphatic carbocycles. The van der Waals surface area contributed by atoms with Crippen LogP contribution in [0.3, 0.4) is 0 Å². The van der Waals surface area contributed by atoms with E-state index in [0.29, 0.717) is 16.2 Å². The number of hydrogen-bond donors (Lipinski definition) is 2. The van der Waals surface area contributed by atoms with Gasteiger partial charge in [0.2, 0.25) is 10.7 Å². The minimum atomic E-state index is -0.577. The van der Waals surface area contributed by atoms with Crippen LogP contribution in [-0.2, 0) is 7.05 Å². The molecule has 2 heterocycles. The van der Waals surface area contributed by atoms with Crippen LogP contribution >= 0.6 is 15.9 Å². The fourth-order valence-corrected chi connectivity index (χ4v) is 2.05. The zero-order valence-corrected chi connectivity index (χ0v) is 10.8. The lowest BCUT2D eigenvalue weighted by Gasteiger charge is -2.04. The Bertz CT molecular complexity index is 599. The highest BCUT2D eigenvalue weighted by atomic mass is 79.9. The highest BCUT2D eigenvalue weighted by molar-refractivity contribution is 9.10. The van der Waals surface area contributed by atoms with Gasteiger partial charge >= 0.3 is 0 Å². The molecule has 0 unspecified atom stereocenters. The number of rotatable bonds is 2. The van der Waals surface area contributed by atoms with Gasteiger partial charge in [-0.1, -0.05) is 0 Å². The Labute approximate surface area is 105 Å². The summed E-state index contributed by atoms with van der Waals surface area (Å²) in [6.07, 6.45) is 0. The zero-order valence-electron chi connectivity index (χ0n) is 9.18. The van der Waals surface area contributed by atoms with E-state index in [2.05, 4.69) is 31.1 Å². The van der Waals surface area contributed by atoms with Gasteiger partial charge < -0.3 is 11.5 Å². The highest BCUT2D eigenvalue weighted by Gasteiger charge is 2.22. The summed E-state index contributed by atoms with van der Waals surface area (Å²) in [5.41, 5.74) is 11.6. The second kappa shape index (κ2) is 3.84. The summed E-state index contributed by atoms with van der Waals surface area (Å²) < 4.78 is 3.24. The van der Waals surface area contributed by atoms with Gasteiger partial charge in [0.25, 0.3) is 5.91 Å². The van der Waals surface area contributed by atoms with Gasteiger partial charge in [-0.2, -0.15) is 14.8 Å². The van der Waals surface area contributed by atoms with Gasteiger partial charge in [-0.15, -0.1) is 5.10 Å². The zero-order chi connectivity index (χ0) is 12.7. The maximum Gasteiger partial charge on any atom is 0.254 e. The molecule has 90 valence electrons. The van der Waals surface area contributed by atoms with Gasteiger partial charge in [-0.25, -0.2) is 4.68 Å². The molecule has 9 heteroatoms. The second-order valence-electron chi connectivity index (χ2n) is 3.42. The van der Waals surface area contributed by atoms with E-state index in [1.54, 1.807) is 14.0 Å². The monoisotopic (exact) mass is 299 g/mol. The standard InChI is InChI=1S/C8H10BrN7O/c1-3-4(5(10)17)6(15(2)13-3)16-7(9)12-8(11)14-16/h1-2H3,(H2,10,17)(H2,11,14). The van der Waals surface area contributed by atoms with Crippen molar-refractivity contribution in [2.45, 2.75) is 6.92 Å². The molecule has 0 spiro atoms. The van der Waals surface area contributed by atoms with Crippen molar-refractivity contribution in [3.8, 4) is 5.82 Å². The van der Waals surface area contributed by atoms with Crippen LogP contribution in [0, 0.1) is 6.92 Å². The Morgan fingerprint density at radius 2 is 2.06 bits per heavy atom. The van der Waals surface area contributed by atoms with E-state index in [1.165, 1.54) is 9.36 Å². The summed E-state index contributed by atoms with van der Waals surface area (Å²) in [5.74, 6) is -0.0659. The number of amides is 1. The lowest BCUT2D eigenvalue weighted by Crippen LogP contribution is -2.16. The number of aryl methyl sites for hydroxylation is 2. The first kappa shape index (κ1) is 11.6. The average Bonchev–Trinajstić information content (AvgIpc) is 2.66. The Morgan fingerprint density at radius 1 is 1.41 bits per heavy atom. The van der Waals surface area contributed by atoms with Gasteiger partial charge in [-0.3, -0.25) is 4.79 Å². The number of nitrogens with two attached hydrogens (primary N) is 2. The number of carbonyl (C=O) groups is 1. The number of carbonyl (C=O) groups excluding carboxylic acids is 1. The summed E-state index contributed by atoms with van der Waals surface area (Å²) in [7, 11) is 1.68. The van der Waals surface area contributed by atoms with Gasteiger partial charge in [-0.05, 0) is 22.9 Å². The number of primary amides is 1. The van der Waals surface area contributed by atoms with Crippen LogP contribution in [0.2, 0.25) is 0 Å². The highest BCUT2D eigenvalue weighted by Crippen LogP contribution is 2.21. The van der Waals surface area contributed by atoms with E-state index >= 15 is 0 Å². The number of nitrogens with zero attached hydrogens (tertiary/aromatic N) is 5. The third kappa shape index (κ3) is 1.78. The summed E-state index contributed by atoms with van der Waals surface area (Å²) in [4.78, 5) is 15.3. The van der Waals surface area contributed by atoms with Gasteiger partial charge in [0, 0.05) is 7.05 Å². The normalized spacial score (nSPS) is 10.8. The van der Waals surface area contributed by atoms with Crippen molar-refractivity contribution in [3.05, 3.63) is 16.0 Å². The number of hydrogen-bond acceptors (Lipinski definition) is 5. The molecule has 0 aromatic carbocycles. The smallest absolute Gasteiger partial charge is 0.254 e. The van der Waals surface area contributed by atoms with E-state index in [0.717, 1.165) is 0 Å². The van der Waals surface area contributed by atoms with Crippen LogP contribution in [-0.4, -0.2) is 30.5 Å². The Kier molecular flexibility index (Phi) is 2.62. The Balaban J connectivity index is 2.75. The average molecular weight is 300 g/mol. The van der Waals surface area contributed by atoms with Crippen molar-refractivity contribution < 1.29 is 4.79 Å². The lowest BCUT2D eigenvalue weighted by atomic mass is 10.2. The maximum atomic E-state index is 11.4. The third-order valence-electron chi connectivity index (χ3n) is 2.22. The molecule has 0 saturated heterocycles. The summed E-state index contributed by atoms with van der Waals surface area (Å²) in [6, 6.07) is 0. The number of nitrogen functional groups attached to an aromatic ring is 1. The first-order chi connectivity index (χ1) is 7.91. The molecule has 0 saturated carbocycles. The molecule has 2 rings (SSSR count). The van der Waals surface area contributed by atoms with Crippen molar-refractivity contribution in [2.75, 3.05) is 5.73 Å². The number of aromatic nitrogens is 5. The maximum absolute atomic E-state index is 11.4. The van der Waals surface area contributed by atoms with Crippen LogP contribution in [0.1, 0.15) is 16.1 Å². The Hall–Kier alpha value is -1.90. The molecule has 8 nitrogen and oxygen atoms in total. The largest absolute Gasteiger partial charge is 0.366 e. The van der Waals surface area contributed by atoms with Gasteiger partial charge in [0.05, 0.1) is 5.69 Å². The Morgan fingerprint density at radius 3 is 2.53 bits per heavy atom. The van der Waals surface area contributed by atoms with Crippen LogP contribution in [0.4, 0.5) is 5.95 Å². The van der Waals surface area contributed by atoms with Crippen molar-refractivity contribution >= 4 is 27.8 Å². The summed E-state index contributed by atoms with van der Waals surface area (Å²) >= 11 is 3.20. The minimum absolute atomic E-state index is 0.0890. The van der Waals surface area contributed by atoms with Gasteiger partial charge in [0.1, 0.15) is 5.56 Å². The quantitative estimate of drug-likeness (QED) is 0.793. The molecule has 2 aromatic heterocycles. The molecule has 0 aliphatic rings. The molecule has 0 fully saturated rings. The summed E-state index contributed by atoms with van der Waals surface area (Å²) in [5, 5.41) is 8.09. The fourth-order valence-electron chi connectivity index (χ4n) is 1.62. The van der Waals surface area contributed by atoms with Crippen molar-refractivity contribution in [1.82, 2.24) is 24.5 Å². The third-order valence-corrected chi connectivity index (χ3v) is 2.74. The first-order valence-corrected chi connectivity index (χ1v) is 5.43. The van der Waals surface area contributed by atoms with E-state index in [9.17, 15) is 4.79 Å². The first-order valence-electron chi connectivity index (χ1n) is 4.63. The molecule has 0 atom stereocenters. The number of anilines is 1. The van der Waals surface area contributed by atoms with E-state index < -0.39 is 5.91 Å². The van der Waals surface area contributed by atoms with Crippen LogP contribution in [0.15, 0.2) is 4.73 Å². The predicted molar refractivity (Wildman–Crippen MR) is 63.5 cm³/mol. The molecule has 2 aromatic rings. The fraction of sp³-hybridized carbons (Fsp3) is 0.250. The van der Waals surface area contributed by atoms with E-state index in [-0.39, 0.29) is 11.5 Å². The van der Waals surface area contributed by atoms with E-state index in [1.807, 2.05) is 0 Å². The summed E-state index contributed by atoms with van der Waals surface area (Å²) in [6.45, 7) is 1.69. The lowest BCUT2D eigenvalue weighted by molar-refractivity contribution is 0.0999. The van der Waals surface area contributed by atoms with Crippen molar-refractivity contribution in [3.63, 3.8) is 0 Å². The molecule has 17 heavy (non-hydrogen) atoms. The van der Waals surface area contributed by atoms with Crippen molar-refractivity contribution in [2.24, 2.45) is 12.8 Å². The molecule has 0 radical (unpaired) electrons. The predicted octanol–water partition coefficient (Wildman–Crippen LogP) is -0.247. The topological polar surface area (TPSA) is 118 Å². The molecular weight excluding hydrogens is 290 g/mol. The molecular formula is C8H10BrN7O. The second-order valence-corrected chi connectivity index (χ2v) is 4.13.